The van der Waals surface area contributed by atoms with Crippen LogP contribution in [0.2, 0.25) is 0 Å². The zero-order valence-corrected chi connectivity index (χ0v) is 12.1. The van der Waals surface area contributed by atoms with Gasteiger partial charge in [-0.1, -0.05) is 0 Å². The van der Waals surface area contributed by atoms with Crippen molar-refractivity contribution in [1.82, 2.24) is 4.90 Å². The molecule has 2 N–H and O–H groups in total. The molecule has 1 saturated carbocycles. The summed E-state index contributed by atoms with van der Waals surface area (Å²) in [6, 6.07) is 0.365. The summed E-state index contributed by atoms with van der Waals surface area (Å²) in [4.78, 5) is 14.3. The van der Waals surface area contributed by atoms with E-state index in [1.807, 2.05) is 11.8 Å². The van der Waals surface area contributed by atoms with Gasteiger partial charge in [-0.2, -0.15) is 0 Å². The molecule has 110 valence electrons. The highest BCUT2D eigenvalue weighted by molar-refractivity contribution is 5.76. The zero-order chi connectivity index (χ0) is 13.7. The SMILES string of the molecule is CCOC1CCCN(C(=O)CC2CCC(N)CC2)C1. The maximum absolute atomic E-state index is 12.3. The maximum Gasteiger partial charge on any atom is 0.222 e. The van der Waals surface area contributed by atoms with Gasteiger partial charge in [-0.3, -0.25) is 4.79 Å². The van der Waals surface area contributed by atoms with Crippen molar-refractivity contribution in [2.45, 2.75) is 64.0 Å². The average molecular weight is 268 g/mol. The van der Waals surface area contributed by atoms with E-state index in [0.29, 0.717) is 24.3 Å². The van der Waals surface area contributed by atoms with E-state index in [1.165, 1.54) is 0 Å². The molecule has 0 aromatic carbocycles. The molecule has 2 rings (SSSR count). The molecule has 0 aromatic rings. The molecule has 1 saturated heterocycles. The zero-order valence-electron chi connectivity index (χ0n) is 12.1. The molecule has 0 spiro atoms. The first kappa shape index (κ1) is 14.8. The van der Waals surface area contributed by atoms with E-state index in [9.17, 15) is 4.79 Å². The molecule has 4 nitrogen and oxygen atoms in total. The van der Waals surface area contributed by atoms with Gasteiger partial charge in [-0.25, -0.2) is 0 Å². The van der Waals surface area contributed by atoms with Crippen molar-refractivity contribution in [1.29, 1.82) is 0 Å². The van der Waals surface area contributed by atoms with E-state index in [4.69, 9.17) is 10.5 Å². The summed E-state index contributed by atoms with van der Waals surface area (Å²) in [5.41, 5.74) is 5.91. The van der Waals surface area contributed by atoms with Crippen LogP contribution in [0.3, 0.4) is 0 Å². The third-order valence-corrected chi connectivity index (χ3v) is 4.49. The van der Waals surface area contributed by atoms with Crippen molar-refractivity contribution in [3.63, 3.8) is 0 Å². The number of piperidine rings is 1. The van der Waals surface area contributed by atoms with Crippen LogP contribution in [0.25, 0.3) is 0 Å². The molecule has 2 aliphatic rings. The Labute approximate surface area is 116 Å². The minimum Gasteiger partial charge on any atom is -0.377 e. The van der Waals surface area contributed by atoms with Crippen LogP contribution in [0, 0.1) is 5.92 Å². The number of hydrogen-bond acceptors (Lipinski definition) is 3. The summed E-state index contributed by atoms with van der Waals surface area (Å²) in [6.07, 6.45) is 7.54. The largest absolute Gasteiger partial charge is 0.377 e. The monoisotopic (exact) mass is 268 g/mol. The van der Waals surface area contributed by atoms with Crippen molar-refractivity contribution in [3.8, 4) is 0 Å². The molecule has 1 unspecified atom stereocenters. The van der Waals surface area contributed by atoms with Crippen LogP contribution in [0.1, 0.15) is 51.9 Å². The number of carbonyl (C=O) groups excluding carboxylic acids is 1. The Kier molecular flexibility index (Phi) is 5.64. The van der Waals surface area contributed by atoms with Crippen LogP contribution in [-0.2, 0) is 9.53 Å². The molecular weight excluding hydrogens is 240 g/mol. The molecule has 1 aliphatic carbocycles. The molecule has 19 heavy (non-hydrogen) atoms. The number of ether oxygens (including phenoxy) is 1. The smallest absolute Gasteiger partial charge is 0.222 e. The summed E-state index contributed by atoms with van der Waals surface area (Å²) < 4.78 is 5.66. The third-order valence-electron chi connectivity index (χ3n) is 4.49. The first-order valence-electron chi connectivity index (χ1n) is 7.84. The molecule has 1 amide bonds. The molecule has 1 atom stereocenters. The Morgan fingerprint density at radius 2 is 2.00 bits per heavy atom. The minimum absolute atomic E-state index is 0.252. The molecule has 1 aliphatic heterocycles. The molecule has 0 bridgehead atoms. The van der Waals surface area contributed by atoms with Crippen LogP contribution >= 0.6 is 0 Å². The van der Waals surface area contributed by atoms with Gasteiger partial charge >= 0.3 is 0 Å². The van der Waals surface area contributed by atoms with Gasteiger partial charge in [-0.05, 0) is 51.4 Å². The highest BCUT2D eigenvalue weighted by Gasteiger charge is 2.27. The summed E-state index contributed by atoms with van der Waals surface area (Å²) in [6.45, 7) is 4.47. The first-order chi connectivity index (χ1) is 9.19. The van der Waals surface area contributed by atoms with Crippen LogP contribution in [0.5, 0.6) is 0 Å². The predicted molar refractivity (Wildman–Crippen MR) is 75.8 cm³/mol. The fourth-order valence-electron chi connectivity index (χ4n) is 3.30. The first-order valence-corrected chi connectivity index (χ1v) is 7.84. The van der Waals surface area contributed by atoms with Crippen molar-refractivity contribution < 1.29 is 9.53 Å². The number of nitrogens with zero attached hydrogens (tertiary/aromatic N) is 1. The minimum atomic E-state index is 0.252. The van der Waals surface area contributed by atoms with Gasteiger partial charge in [-0.15, -0.1) is 0 Å². The van der Waals surface area contributed by atoms with Crippen LogP contribution < -0.4 is 5.73 Å². The van der Waals surface area contributed by atoms with Crippen LogP contribution in [-0.4, -0.2) is 42.6 Å². The van der Waals surface area contributed by atoms with Crippen molar-refractivity contribution >= 4 is 5.91 Å². The molecule has 1 heterocycles. The highest BCUT2D eigenvalue weighted by atomic mass is 16.5. The molecule has 4 heteroatoms. The Hall–Kier alpha value is -0.610. The number of carbonyl (C=O) groups is 1. The summed E-state index contributed by atoms with van der Waals surface area (Å²) >= 11 is 0. The lowest BCUT2D eigenvalue weighted by Gasteiger charge is -2.34. The predicted octanol–water partition coefficient (Wildman–Crippen LogP) is 1.92. The van der Waals surface area contributed by atoms with E-state index in [2.05, 4.69) is 0 Å². The average Bonchev–Trinajstić information content (AvgIpc) is 2.42. The fraction of sp³-hybridized carbons (Fsp3) is 0.933. The maximum atomic E-state index is 12.3. The lowest BCUT2D eigenvalue weighted by Crippen LogP contribution is -2.44. The van der Waals surface area contributed by atoms with Crippen molar-refractivity contribution in [2.75, 3.05) is 19.7 Å². The van der Waals surface area contributed by atoms with Gasteiger partial charge < -0.3 is 15.4 Å². The Morgan fingerprint density at radius 1 is 1.26 bits per heavy atom. The Balaban J connectivity index is 1.76. The Morgan fingerprint density at radius 3 is 2.68 bits per heavy atom. The second kappa shape index (κ2) is 7.25. The highest BCUT2D eigenvalue weighted by Crippen LogP contribution is 2.27. The van der Waals surface area contributed by atoms with E-state index in [-0.39, 0.29) is 6.10 Å². The van der Waals surface area contributed by atoms with Gasteiger partial charge in [0.25, 0.3) is 0 Å². The van der Waals surface area contributed by atoms with Crippen molar-refractivity contribution in [2.24, 2.45) is 11.7 Å². The summed E-state index contributed by atoms with van der Waals surface area (Å²) in [5, 5.41) is 0. The number of likely N-dealkylation sites (tertiary alicyclic amines) is 1. The quantitative estimate of drug-likeness (QED) is 0.847. The number of rotatable bonds is 4. The topological polar surface area (TPSA) is 55.6 Å². The Bertz CT molecular complexity index is 286. The second-order valence-corrected chi connectivity index (χ2v) is 6.04. The number of hydrogen-bond donors (Lipinski definition) is 1. The van der Waals surface area contributed by atoms with E-state index in [1.54, 1.807) is 0 Å². The third kappa shape index (κ3) is 4.46. The number of amides is 1. The van der Waals surface area contributed by atoms with Crippen molar-refractivity contribution in [3.05, 3.63) is 0 Å². The van der Waals surface area contributed by atoms with Gasteiger partial charge in [0.2, 0.25) is 5.91 Å². The van der Waals surface area contributed by atoms with Gasteiger partial charge in [0.05, 0.1) is 6.10 Å². The van der Waals surface area contributed by atoms with Crippen LogP contribution in [0.4, 0.5) is 0 Å². The lowest BCUT2D eigenvalue weighted by atomic mass is 9.84. The standard InChI is InChI=1S/C15H28N2O2/c1-2-19-14-4-3-9-17(11-14)15(18)10-12-5-7-13(16)8-6-12/h12-14H,2-11,16H2,1H3. The van der Waals surface area contributed by atoms with Gasteiger partial charge in [0.1, 0.15) is 0 Å². The second-order valence-electron chi connectivity index (χ2n) is 6.04. The summed E-state index contributed by atoms with van der Waals surface area (Å²) in [5.74, 6) is 0.879. The summed E-state index contributed by atoms with van der Waals surface area (Å²) in [7, 11) is 0. The molecule has 2 fully saturated rings. The molecule has 0 radical (unpaired) electrons. The van der Waals surface area contributed by atoms with E-state index < -0.39 is 0 Å². The molecular formula is C15H28N2O2. The van der Waals surface area contributed by atoms with Gasteiger partial charge in [0.15, 0.2) is 0 Å². The number of nitrogens with two attached hydrogens (primary N) is 1. The van der Waals surface area contributed by atoms with E-state index >= 15 is 0 Å². The van der Waals surface area contributed by atoms with Crippen LogP contribution in [0.15, 0.2) is 0 Å². The van der Waals surface area contributed by atoms with E-state index in [0.717, 1.165) is 58.2 Å². The fourth-order valence-corrected chi connectivity index (χ4v) is 3.30. The lowest BCUT2D eigenvalue weighted by molar-refractivity contribution is -0.136. The normalized spacial score (nSPS) is 32.3. The van der Waals surface area contributed by atoms with Gasteiger partial charge in [0, 0.05) is 32.2 Å². The molecule has 0 aromatic heterocycles.